The molecule has 6 aromatic carbocycles. The molecule has 1 atom stereocenters. The number of hydrogen-bond donors (Lipinski definition) is 3. The Morgan fingerprint density at radius 3 is 1.96 bits per heavy atom. The SMILES string of the molecule is COc1ccc(Cl)cc1NC(=O)C(Sc1ccc(NC(=O)/C(=C/c2ccc(-c3ccccc3)cc2)NC(=O)c2ccccc2)cc1)c1ccccc1. The first kappa shape index (κ1) is 35.7. The highest BCUT2D eigenvalue weighted by molar-refractivity contribution is 8.00. The highest BCUT2D eigenvalue weighted by atomic mass is 35.5. The van der Waals surface area contributed by atoms with Crippen LogP contribution in [0.3, 0.4) is 0 Å². The maximum atomic E-state index is 13.7. The van der Waals surface area contributed by atoms with Crippen LogP contribution in [0.2, 0.25) is 5.02 Å². The van der Waals surface area contributed by atoms with Crippen LogP contribution >= 0.6 is 23.4 Å². The summed E-state index contributed by atoms with van der Waals surface area (Å²) in [5, 5.41) is 8.52. The Balaban J connectivity index is 1.20. The van der Waals surface area contributed by atoms with Crippen molar-refractivity contribution in [1.82, 2.24) is 5.32 Å². The first-order valence-corrected chi connectivity index (χ1v) is 17.6. The van der Waals surface area contributed by atoms with E-state index in [4.69, 9.17) is 16.3 Å². The number of carbonyl (C=O) groups is 3. The second kappa shape index (κ2) is 17.2. The molecule has 0 radical (unpaired) electrons. The standard InChI is InChI=1S/C43H34ClN3O4S/c1-51-39-26-21-34(44)28-37(39)46-43(50)40(32-13-7-3-8-14-32)52-36-24-22-35(23-25-36)45-42(49)38(47-41(48)33-15-9-4-10-16-33)27-29-17-19-31(20-18-29)30-11-5-2-6-12-30/h2-28,40H,1H3,(H,45,49)(H,46,50)(H,47,48)/b38-27-. The summed E-state index contributed by atoms with van der Waals surface area (Å²) in [5.74, 6) is -0.661. The first-order valence-electron chi connectivity index (χ1n) is 16.4. The number of carbonyl (C=O) groups excluding carboxylic acids is 3. The minimum atomic E-state index is -0.610. The van der Waals surface area contributed by atoms with Gasteiger partial charge in [0.05, 0.1) is 12.8 Å². The molecule has 6 rings (SSSR count). The van der Waals surface area contributed by atoms with Crippen molar-refractivity contribution >= 4 is 58.5 Å². The Morgan fingerprint density at radius 1 is 0.692 bits per heavy atom. The Morgan fingerprint density at radius 2 is 1.31 bits per heavy atom. The fourth-order valence-electron chi connectivity index (χ4n) is 5.34. The molecule has 3 amide bonds. The number of benzene rings is 6. The lowest BCUT2D eigenvalue weighted by Gasteiger charge is -2.19. The van der Waals surface area contributed by atoms with E-state index in [-0.39, 0.29) is 11.6 Å². The van der Waals surface area contributed by atoms with Crippen LogP contribution < -0.4 is 20.7 Å². The van der Waals surface area contributed by atoms with Crippen molar-refractivity contribution in [1.29, 1.82) is 0 Å². The summed E-state index contributed by atoms with van der Waals surface area (Å²) in [6, 6.07) is 48.1. The van der Waals surface area contributed by atoms with Gasteiger partial charge in [-0.15, -0.1) is 11.8 Å². The Labute approximate surface area is 311 Å². The second-order valence-electron chi connectivity index (χ2n) is 11.6. The predicted molar refractivity (Wildman–Crippen MR) is 211 cm³/mol. The molecule has 7 nitrogen and oxygen atoms in total. The van der Waals surface area contributed by atoms with E-state index in [1.54, 1.807) is 60.7 Å². The van der Waals surface area contributed by atoms with Crippen molar-refractivity contribution in [2.75, 3.05) is 17.7 Å². The van der Waals surface area contributed by atoms with Gasteiger partial charge in [-0.3, -0.25) is 14.4 Å². The van der Waals surface area contributed by atoms with Crippen molar-refractivity contribution in [3.63, 3.8) is 0 Å². The smallest absolute Gasteiger partial charge is 0.272 e. The molecule has 0 heterocycles. The molecule has 9 heteroatoms. The Bertz CT molecular complexity index is 2180. The maximum absolute atomic E-state index is 13.7. The lowest BCUT2D eigenvalue weighted by molar-refractivity contribution is -0.116. The summed E-state index contributed by atoms with van der Waals surface area (Å²) in [7, 11) is 1.53. The van der Waals surface area contributed by atoms with Gasteiger partial charge in [0.25, 0.3) is 11.8 Å². The number of hydrogen-bond acceptors (Lipinski definition) is 5. The van der Waals surface area contributed by atoms with Gasteiger partial charge >= 0.3 is 0 Å². The number of halogens is 1. The van der Waals surface area contributed by atoms with Crippen LogP contribution in [0.4, 0.5) is 11.4 Å². The summed E-state index contributed by atoms with van der Waals surface area (Å²) < 4.78 is 5.42. The quantitative estimate of drug-likeness (QED) is 0.0863. The largest absolute Gasteiger partial charge is 0.495 e. The van der Waals surface area contributed by atoms with E-state index in [0.29, 0.717) is 27.7 Å². The van der Waals surface area contributed by atoms with Gasteiger partial charge in [0.15, 0.2) is 0 Å². The molecule has 3 N–H and O–H groups in total. The zero-order chi connectivity index (χ0) is 36.3. The van der Waals surface area contributed by atoms with Crippen LogP contribution in [-0.4, -0.2) is 24.8 Å². The molecule has 0 aliphatic carbocycles. The van der Waals surface area contributed by atoms with Crippen LogP contribution in [0.1, 0.15) is 26.7 Å². The van der Waals surface area contributed by atoms with Crippen LogP contribution in [-0.2, 0) is 9.59 Å². The molecular formula is C43H34ClN3O4S. The maximum Gasteiger partial charge on any atom is 0.272 e. The number of rotatable bonds is 12. The Kier molecular flexibility index (Phi) is 11.8. The molecule has 1 unspecified atom stereocenters. The van der Waals surface area contributed by atoms with Gasteiger partial charge in [-0.25, -0.2) is 0 Å². The van der Waals surface area contributed by atoms with E-state index in [2.05, 4.69) is 16.0 Å². The van der Waals surface area contributed by atoms with Crippen molar-refractivity contribution < 1.29 is 19.1 Å². The van der Waals surface area contributed by atoms with Crippen LogP contribution in [0, 0.1) is 0 Å². The lowest BCUT2D eigenvalue weighted by atomic mass is 10.0. The lowest BCUT2D eigenvalue weighted by Crippen LogP contribution is -2.30. The average Bonchev–Trinajstić information content (AvgIpc) is 3.18. The van der Waals surface area contributed by atoms with Gasteiger partial charge < -0.3 is 20.7 Å². The third-order valence-electron chi connectivity index (χ3n) is 7.98. The molecule has 0 aromatic heterocycles. The van der Waals surface area contributed by atoms with E-state index in [0.717, 1.165) is 27.1 Å². The normalized spacial score (nSPS) is 11.6. The van der Waals surface area contributed by atoms with Gasteiger partial charge in [0.2, 0.25) is 5.91 Å². The number of amides is 3. The van der Waals surface area contributed by atoms with Gasteiger partial charge in [0, 0.05) is 21.2 Å². The summed E-state index contributed by atoms with van der Waals surface area (Å²) in [6.07, 6.45) is 1.65. The molecule has 6 aromatic rings. The summed E-state index contributed by atoms with van der Waals surface area (Å²) in [5.41, 5.74) is 5.14. The summed E-state index contributed by atoms with van der Waals surface area (Å²) >= 11 is 7.57. The van der Waals surface area contributed by atoms with Crippen LogP contribution in [0.5, 0.6) is 5.75 Å². The van der Waals surface area contributed by atoms with Crippen LogP contribution in [0.25, 0.3) is 17.2 Å². The monoisotopic (exact) mass is 723 g/mol. The van der Waals surface area contributed by atoms with E-state index < -0.39 is 17.1 Å². The summed E-state index contributed by atoms with van der Waals surface area (Å²) in [4.78, 5) is 41.3. The highest BCUT2D eigenvalue weighted by Gasteiger charge is 2.24. The number of ether oxygens (including phenoxy) is 1. The number of methoxy groups -OCH3 is 1. The molecule has 0 saturated heterocycles. The van der Waals surface area contributed by atoms with Gasteiger partial charge in [-0.2, -0.15) is 0 Å². The number of anilines is 2. The molecule has 0 bridgehead atoms. The van der Waals surface area contributed by atoms with Crippen LogP contribution in [0.15, 0.2) is 168 Å². The fraction of sp³-hybridized carbons (Fsp3) is 0.0465. The molecule has 0 saturated carbocycles. The highest BCUT2D eigenvalue weighted by Crippen LogP contribution is 2.38. The number of thioether (sulfide) groups is 1. The van der Waals surface area contributed by atoms with E-state index in [1.807, 2.05) is 103 Å². The summed E-state index contributed by atoms with van der Waals surface area (Å²) in [6.45, 7) is 0. The first-order chi connectivity index (χ1) is 25.4. The van der Waals surface area contributed by atoms with Gasteiger partial charge in [-0.1, -0.05) is 115 Å². The van der Waals surface area contributed by atoms with E-state index in [9.17, 15) is 14.4 Å². The van der Waals surface area contributed by atoms with Crippen molar-refractivity contribution in [2.45, 2.75) is 10.1 Å². The van der Waals surface area contributed by atoms with E-state index in [1.165, 1.54) is 18.9 Å². The molecule has 0 aliphatic rings. The zero-order valence-electron chi connectivity index (χ0n) is 28.1. The Hall–Kier alpha value is -6.09. The molecule has 0 fully saturated rings. The minimum Gasteiger partial charge on any atom is -0.495 e. The van der Waals surface area contributed by atoms with Crippen molar-refractivity contribution in [2.24, 2.45) is 0 Å². The van der Waals surface area contributed by atoms with Crippen molar-refractivity contribution in [3.05, 3.63) is 185 Å². The minimum absolute atomic E-state index is 0.0806. The molecular weight excluding hydrogens is 690 g/mol. The molecule has 52 heavy (non-hydrogen) atoms. The third-order valence-corrected chi connectivity index (χ3v) is 9.48. The predicted octanol–water partition coefficient (Wildman–Crippen LogP) is 9.90. The van der Waals surface area contributed by atoms with E-state index >= 15 is 0 Å². The number of nitrogens with one attached hydrogen (secondary N) is 3. The zero-order valence-corrected chi connectivity index (χ0v) is 29.7. The topological polar surface area (TPSA) is 96.5 Å². The fourth-order valence-corrected chi connectivity index (χ4v) is 6.54. The third kappa shape index (κ3) is 9.37. The molecule has 0 aliphatic heterocycles. The van der Waals surface area contributed by atoms with Gasteiger partial charge in [0.1, 0.15) is 16.7 Å². The van der Waals surface area contributed by atoms with Crippen molar-refractivity contribution in [3.8, 4) is 16.9 Å². The second-order valence-corrected chi connectivity index (χ2v) is 13.2. The molecule has 0 spiro atoms. The average molecular weight is 724 g/mol. The molecule has 258 valence electrons. The van der Waals surface area contributed by atoms with Gasteiger partial charge in [-0.05, 0) is 82.9 Å².